The topological polar surface area (TPSA) is 78.4 Å². The molecule has 2 aromatic rings. The number of rotatable bonds is 12. The van der Waals surface area contributed by atoms with Crippen LogP contribution in [0.5, 0.6) is 0 Å². The van der Waals surface area contributed by atoms with Crippen molar-refractivity contribution in [2.75, 3.05) is 13.2 Å². The Balaban J connectivity index is 1.44. The van der Waals surface area contributed by atoms with Gasteiger partial charge in [-0.25, -0.2) is 0 Å². The third kappa shape index (κ3) is 9.49. The molecular formula is C21H26N2O4. The lowest BCUT2D eigenvalue weighted by Gasteiger charge is -2.06. The number of esters is 2. The standard InChI is InChI=1S/C21H26N2O4/c24-20(26-16-2-4-18-8-12-22-13-9-18)6-1-7-21(25)27-17-3-5-19-10-14-23-15-11-19/h8-15H,1-7,16-17H2. The molecule has 0 fully saturated rings. The van der Waals surface area contributed by atoms with Crippen LogP contribution in [0.15, 0.2) is 49.1 Å². The summed E-state index contributed by atoms with van der Waals surface area (Å²) in [5, 5.41) is 0. The molecule has 0 spiro atoms. The molecule has 0 amide bonds. The quantitative estimate of drug-likeness (QED) is 0.421. The van der Waals surface area contributed by atoms with Gasteiger partial charge in [0.25, 0.3) is 0 Å². The molecule has 2 aromatic heterocycles. The summed E-state index contributed by atoms with van der Waals surface area (Å²) in [5.74, 6) is -0.537. The first-order valence-electron chi connectivity index (χ1n) is 9.33. The van der Waals surface area contributed by atoms with Crippen LogP contribution in [0.3, 0.4) is 0 Å². The molecule has 0 saturated heterocycles. The van der Waals surface area contributed by atoms with E-state index in [1.54, 1.807) is 24.8 Å². The van der Waals surface area contributed by atoms with Crippen molar-refractivity contribution >= 4 is 11.9 Å². The average molecular weight is 370 g/mol. The lowest BCUT2D eigenvalue weighted by atomic mass is 10.1. The smallest absolute Gasteiger partial charge is 0.305 e. The lowest BCUT2D eigenvalue weighted by molar-refractivity contribution is -0.145. The van der Waals surface area contributed by atoms with Crippen molar-refractivity contribution < 1.29 is 19.1 Å². The van der Waals surface area contributed by atoms with Gasteiger partial charge in [0.15, 0.2) is 0 Å². The lowest BCUT2D eigenvalue weighted by Crippen LogP contribution is -2.10. The molecule has 2 heterocycles. The predicted molar refractivity (Wildman–Crippen MR) is 101 cm³/mol. The first-order valence-corrected chi connectivity index (χ1v) is 9.33. The van der Waals surface area contributed by atoms with Crippen molar-refractivity contribution in [2.45, 2.75) is 44.9 Å². The van der Waals surface area contributed by atoms with Gasteiger partial charge < -0.3 is 9.47 Å². The van der Waals surface area contributed by atoms with Gasteiger partial charge in [-0.1, -0.05) is 0 Å². The van der Waals surface area contributed by atoms with Gasteiger partial charge in [-0.05, 0) is 67.5 Å². The predicted octanol–water partition coefficient (Wildman–Crippen LogP) is 3.30. The second kappa shape index (κ2) is 12.6. The van der Waals surface area contributed by atoms with Crippen molar-refractivity contribution in [2.24, 2.45) is 0 Å². The molecule has 0 saturated carbocycles. The Labute approximate surface area is 159 Å². The number of pyridine rings is 2. The highest BCUT2D eigenvalue weighted by molar-refractivity contribution is 5.72. The third-order valence-electron chi connectivity index (χ3n) is 4.01. The van der Waals surface area contributed by atoms with Crippen LogP contribution in [0.1, 0.15) is 43.2 Å². The van der Waals surface area contributed by atoms with E-state index in [0.717, 1.165) is 25.7 Å². The summed E-state index contributed by atoms with van der Waals surface area (Å²) >= 11 is 0. The molecule has 0 aliphatic heterocycles. The zero-order chi connectivity index (χ0) is 19.2. The van der Waals surface area contributed by atoms with E-state index in [4.69, 9.17) is 9.47 Å². The van der Waals surface area contributed by atoms with Gasteiger partial charge in [0.2, 0.25) is 0 Å². The first-order chi connectivity index (χ1) is 13.2. The van der Waals surface area contributed by atoms with Crippen molar-refractivity contribution in [1.82, 2.24) is 9.97 Å². The third-order valence-corrected chi connectivity index (χ3v) is 4.01. The van der Waals surface area contributed by atoms with Gasteiger partial charge in [-0.3, -0.25) is 19.6 Å². The maximum Gasteiger partial charge on any atom is 0.305 e. The van der Waals surface area contributed by atoms with Gasteiger partial charge >= 0.3 is 11.9 Å². The summed E-state index contributed by atoms with van der Waals surface area (Å²) < 4.78 is 10.4. The van der Waals surface area contributed by atoms with Gasteiger partial charge in [-0.15, -0.1) is 0 Å². The van der Waals surface area contributed by atoms with Crippen LogP contribution in [-0.4, -0.2) is 35.1 Å². The molecule has 0 aliphatic carbocycles. The van der Waals surface area contributed by atoms with Crippen LogP contribution in [0.25, 0.3) is 0 Å². The molecule has 6 nitrogen and oxygen atoms in total. The van der Waals surface area contributed by atoms with Gasteiger partial charge in [0.1, 0.15) is 0 Å². The molecule has 0 unspecified atom stereocenters. The Kier molecular flexibility index (Phi) is 9.57. The molecule has 0 N–H and O–H groups in total. The van der Waals surface area contributed by atoms with Gasteiger partial charge in [-0.2, -0.15) is 0 Å². The number of ether oxygens (including phenoxy) is 2. The van der Waals surface area contributed by atoms with E-state index in [-0.39, 0.29) is 24.8 Å². The van der Waals surface area contributed by atoms with Crippen LogP contribution in [-0.2, 0) is 31.9 Å². The maximum atomic E-state index is 11.7. The summed E-state index contributed by atoms with van der Waals surface area (Å²) in [6.07, 6.45) is 11.2. The van der Waals surface area contributed by atoms with E-state index < -0.39 is 0 Å². The number of aryl methyl sites for hydroxylation is 2. The summed E-state index contributed by atoms with van der Waals surface area (Å²) in [6.45, 7) is 0.779. The number of carbonyl (C=O) groups excluding carboxylic acids is 2. The number of carbonyl (C=O) groups is 2. The molecule has 6 heteroatoms. The molecule has 0 atom stereocenters. The number of aromatic nitrogens is 2. The first kappa shape index (κ1) is 20.6. The normalized spacial score (nSPS) is 10.4. The van der Waals surface area contributed by atoms with Crippen LogP contribution < -0.4 is 0 Å². The van der Waals surface area contributed by atoms with Crippen molar-refractivity contribution in [3.8, 4) is 0 Å². The molecule has 0 radical (unpaired) electrons. The van der Waals surface area contributed by atoms with Crippen LogP contribution in [0.4, 0.5) is 0 Å². The monoisotopic (exact) mass is 370 g/mol. The Bertz CT molecular complexity index is 618. The Morgan fingerprint density at radius 2 is 1.07 bits per heavy atom. The van der Waals surface area contributed by atoms with Crippen molar-refractivity contribution in [3.63, 3.8) is 0 Å². The molecule has 2 rings (SSSR count). The fourth-order valence-electron chi connectivity index (χ4n) is 2.54. The van der Waals surface area contributed by atoms with E-state index in [0.29, 0.717) is 19.6 Å². The van der Waals surface area contributed by atoms with E-state index >= 15 is 0 Å². The Morgan fingerprint density at radius 3 is 1.48 bits per heavy atom. The van der Waals surface area contributed by atoms with Gasteiger partial charge in [0, 0.05) is 37.6 Å². The zero-order valence-corrected chi connectivity index (χ0v) is 15.5. The molecule has 27 heavy (non-hydrogen) atoms. The van der Waals surface area contributed by atoms with Crippen molar-refractivity contribution in [1.29, 1.82) is 0 Å². The van der Waals surface area contributed by atoms with E-state index in [1.807, 2.05) is 24.3 Å². The van der Waals surface area contributed by atoms with Crippen LogP contribution >= 0.6 is 0 Å². The van der Waals surface area contributed by atoms with Crippen molar-refractivity contribution in [3.05, 3.63) is 60.2 Å². The maximum absolute atomic E-state index is 11.7. The number of nitrogens with zero attached hydrogens (tertiary/aromatic N) is 2. The largest absolute Gasteiger partial charge is 0.466 e. The zero-order valence-electron chi connectivity index (χ0n) is 15.5. The minimum absolute atomic E-state index is 0.237. The summed E-state index contributed by atoms with van der Waals surface area (Å²) in [6, 6.07) is 7.80. The second-order valence-corrected chi connectivity index (χ2v) is 6.21. The SMILES string of the molecule is O=C(CCCC(=O)OCCCc1ccncc1)OCCCc1ccncc1. The highest BCUT2D eigenvalue weighted by Gasteiger charge is 2.07. The Hall–Kier alpha value is -2.76. The van der Waals surface area contributed by atoms with Gasteiger partial charge in [0.05, 0.1) is 13.2 Å². The fraction of sp³-hybridized carbons (Fsp3) is 0.429. The summed E-state index contributed by atoms with van der Waals surface area (Å²) in [4.78, 5) is 31.3. The molecular weight excluding hydrogens is 344 g/mol. The minimum Gasteiger partial charge on any atom is -0.466 e. The highest BCUT2D eigenvalue weighted by atomic mass is 16.5. The minimum atomic E-state index is -0.268. The van der Waals surface area contributed by atoms with E-state index in [2.05, 4.69) is 9.97 Å². The van der Waals surface area contributed by atoms with Crippen LogP contribution in [0, 0.1) is 0 Å². The van der Waals surface area contributed by atoms with E-state index in [1.165, 1.54) is 11.1 Å². The molecule has 0 aromatic carbocycles. The highest BCUT2D eigenvalue weighted by Crippen LogP contribution is 2.05. The fourth-order valence-corrected chi connectivity index (χ4v) is 2.54. The number of hydrogen-bond acceptors (Lipinski definition) is 6. The molecule has 0 bridgehead atoms. The molecule has 144 valence electrons. The van der Waals surface area contributed by atoms with Crippen LogP contribution in [0.2, 0.25) is 0 Å². The van der Waals surface area contributed by atoms with E-state index in [9.17, 15) is 9.59 Å². The Morgan fingerprint density at radius 1 is 0.667 bits per heavy atom. The number of hydrogen-bond donors (Lipinski definition) is 0. The average Bonchev–Trinajstić information content (AvgIpc) is 2.70. The second-order valence-electron chi connectivity index (χ2n) is 6.21. The molecule has 0 aliphatic rings. The summed E-state index contributed by atoms with van der Waals surface area (Å²) in [7, 11) is 0. The summed E-state index contributed by atoms with van der Waals surface area (Å²) in [5.41, 5.74) is 2.35.